The molecule has 3 saturated carbocycles. The molecule has 1 heterocycles. The summed E-state index contributed by atoms with van der Waals surface area (Å²) in [6.07, 6.45) is 3.39. The third kappa shape index (κ3) is 4.66. The van der Waals surface area contributed by atoms with E-state index in [0.717, 1.165) is 38.5 Å². The molecule has 31 heavy (non-hydrogen) atoms. The van der Waals surface area contributed by atoms with Crippen molar-refractivity contribution in [2.24, 2.45) is 0 Å². The van der Waals surface area contributed by atoms with Crippen molar-refractivity contribution in [3.05, 3.63) is 28.8 Å². The maximum atomic E-state index is 13.0. The average molecular weight is 449 g/mol. The molecule has 0 aromatic heterocycles. The molecule has 1 unspecified atom stereocenters. The molecule has 0 spiro atoms. The highest BCUT2D eigenvalue weighted by atomic mass is 35.5. The lowest BCUT2D eigenvalue weighted by molar-refractivity contribution is -0.132. The number of fused-ring (bicyclic) bond motifs is 4. The van der Waals surface area contributed by atoms with Gasteiger partial charge in [-0.25, -0.2) is 4.79 Å². The van der Waals surface area contributed by atoms with Crippen molar-refractivity contribution in [1.29, 1.82) is 0 Å². The second-order valence-electron chi connectivity index (χ2n) is 10.1. The van der Waals surface area contributed by atoms with Crippen molar-refractivity contribution in [2.45, 2.75) is 88.5 Å². The van der Waals surface area contributed by atoms with Crippen LogP contribution in [0.15, 0.2) is 18.2 Å². The number of alkyl carbamates (subject to hydrolysis) is 1. The van der Waals surface area contributed by atoms with Crippen molar-refractivity contribution in [1.82, 2.24) is 10.6 Å². The molecule has 3 aliphatic carbocycles. The molecule has 0 saturated heterocycles. The minimum atomic E-state index is -0.843. The molecular formula is C23H29ClN2O5. The predicted octanol–water partition coefficient (Wildman–Crippen LogP) is 4.16. The molecular weight excluding hydrogens is 420 g/mol. The first-order valence-electron chi connectivity index (χ1n) is 10.8. The van der Waals surface area contributed by atoms with Gasteiger partial charge in [0.1, 0.15) is 11.4 Å². The Morgan fingerprint density at radius 2 is 1.65 bits per heavy atom. The highest BCUT2D eigenvalue weighted by Gasteiger charge is 2.51. The second-order valence-corrected chi connectivity index (χ2v) is 10.5. The van der Waals surface area contributed by atoms with Gasteiger partial charge in [-0.1, -0.05) is 11.6 Å². The van der Waals surface area contributed by atoms with Crippen LogP contribution < -0.4 is 15.4 Å². The van der Waals surface area contributed by atoms with Gasteiger partial charge >= 0.3 is 6.09 Å². The number of amides is 2. The number of carbonyl (C=O) groups excluding carboxylic acids is 3. The summed E-state index contributed by atoms with van der Waals surface area (Å²) in [7, 11) is 0. The van der Waals surface area contributed by atoms with Crippen LogP contribution in [0.1, 0.15) is 76.1 Å². The fourth-order valence-electron chi connectivity index (χ4n) is 4.86. The number of rotatable bonds is 3. The van der Waals surface area contributed by atoms with Gasteiger partial charge in [-0.3, -0.25) is 9.59 Å². The number of ketones is 1. The Balaban J connectivity index is 1.36. The van der Waals surface area contributed by atoms with Gasteiger partial charge in [-0.15, -0.1) is 0 Å². The molecule has 2 amide bonds. The summed E-state index contributed by atoms with van der Waals surface area (Å²) in [5, 5.41) is 6.72. The van der Waals surface area contributed by atoms with Crippen LogP contribution in [-0.4, -0.2) is 40.6 Å². The van der Waals surface area contributed by atoms with Crippen molar-refractivity contribution in [3.8, 4) is 5.75 Å². The minimum absolute atomic E-state index is 0.000603. The fraction of sp³-hybridized carbons (Fsp3) is 0.609. The van der Waals surface area contributed by atoms with Crippen LogP contribution in [-0.2, 0) is 9.53 Å². The Bertz CT molecular complexity index is 899. The van der Waals surface area contributed by atoms with Gasteiger partial charge in [0, 0.05) is 16.1 Å². The molecule has 1 atom stereocenters. The van der Waals surface area contributed by atoms with Crippen molar-refractivity contribution in [3.63, 3.8) is 0 Å². The first kappa shape index (κ1) is 21.9. The summed E-state index contributed by atoms with van der Waals surface area (Å²) in [5.74, 6) is -0.0103. The Hall–Kier alpha value is -2.28. The number of carbonyl (C=O) groups is 3. The number of benzene rings is 1. The van der Waals surface area contributed by atoms with Crippen molar-refractivity contribution in [2.75, 3.05) is 0 Å². The maximum Gasteiger partial charge on any atom is 0.408 e. The topological polar surface area (TPSA) is 93.7 Å². The molecule has 1 aromatic rings. The van der Waals surface area contributed by atoms with Crippen LogP contribution in [0.4, 0.5) is 4.79 Å². The molecule has 5 rings (SSSR count). The maximum absolute atomic E-state index is 13.0. The third-order valence-corrected chi connectivity index (χ3v) is 6.81. The van der Waals surface area contributed by atoms with E-state index in [9.17, 15) is 14.4 Å². The summed E-state index contributed by atoms with van der Waals surface area (Å²) in [6.45, 7) is 5.53. The molecule has 4 aliphatic rings. The van der Waals surface area contributed by atoms with E-state index in [4.69, 9.17) is 21.1 Å². The normalized spacial score (nSPS) is 29.5. The van der Waals surface area contributed by atoms with Crippen LogP contribution in [0.25, 0.3) is 0 Å². The van der Waals surface area contributed by atoms with Crippen molar-refractivity contribution < 1.29 is 23.9 Å². The van der Waals surface area contributed by atoms with E-state index in [1.165, 1.54) is 0 Å². The number of nitrogens with one attached hydrogen (secondary N) is 2. The van der Waals surface area contributed by atoms with Crippen LogP contribution >= 0.6 is 11.6 Å². The molecule has 2 N–H and O–H groups in total. The Morgan fingerprint density at radius 1 is 1.06 bits per heavy atom. The Labute approximate surface area is 187 Å². The molecule has 7 nitrogen and oxygen atoms in total. The first-order valence-corrected chi connectivity index (χ1v) is 11.2. The molecule has 1 aliphatic heterocycles. The molecule has 2 bridgehead atoms. The van der Waals surface area contributed by atoms with E-state index in [-0.39, 0.29) is 35.3 Å². The lowest BCUT2D eigenvalue weighted by atomic mass is 9.61. The number of halogens is 1. The zero-order chi connectivity index (χ0) is 22.4. The van der Waals surface area contributed by atoms with Gasteiger partial charge in [0.05, 0.1) is 12.0 Å². The van der Waals surface area contributed by atoms with Gasteiger partial charge in [-0.05, 0) is 77.5 Å². The van der Waals surface area contributed by atoms with Crippen LogP contribution in [0.3, 0.4) is 0 Å². The largest absolute Gasteiger partial charge is 0.479 e. The lowest BCUT2D eigenvalue weighted by Gasteiger charge is -2.53. The first-order chi connectivity index (χ1) is 14.5. The van der Waals surface area contributed by atoms with E-state index in [1.54, 1.807) is 18.2 Å². The van der Waals surface area contributed by atoms with Gasteiger partial charge in [0.15, 0.2) is 11.9 Å². The van der Waals surface area contributed by atoms with Gasteiger partial charge in [0.25, 0.3) is 5.91 Å². The molecule has 3 fully saturated rings. The summed E-state index contributed by atoms with van der Waals surface area (Å²) >= 11 is 5.96. The smallest absolute Gasteiger partial charge is 0.408 e. The number of ether oxygens (including phenoxy) is 2. The number of hydrogen-bond acceptors (Lipinski definition) is 5. The van der Waals surface area contributed by atoms with E-state index in [0.29, 0.717) is 16.3 Å². The van der Waals surface area contributed by atoms with E-state index in [1.807, 2.05) is 20.8 Å². The standard InChI is InChI=1S/C23H29ClN2O5/c1-21(2,3)31-20(29)26-23-9-6-22(7-10-23,8-11-23)25-19(28)18-13-16(27)15-12-14(24)4-5-17(15)30-18/h4-5,12,18H,6-11,13H2,1-3H3,(H,25,28)(H,26,29). The fourth-order valence-corrected chi connectivity index (χ4v) is 5.04. The Morgan fingerprint density at radius 3 is 2.23 bits per heavy atom. The monoisotopic (exact) mass is 448 g/mol. The van der Waals surface area contributed by atoms with Gasteiger partial charge < -0.3 is 20.1 Å². The highest BCUT2D eigenvalue weighted by Crippen LogP contribution is 2.47. The number of Topliss-reactive ketones (excluding diaryl/α,β-unsaturated/α-hetero) is 1. The highest BCUT2D eigenvalue weighted by molar-refractivity contribution is 6.31. The van der Waals surface area contributed by atoms with Crippen molar-refractivity contribution >= 4 is 29.4 Å². The number of hydrogen-bond donors (Lipinski definition) is 2. The minimum Gasteiger partial charge on any atom is -0.479 e. The van der Waals surface area contributed by atoms with Crippen LogP contribution in [0.5, 0.6) is 5.75 Å². The van der Waals surface area contributed by atoms with E-state index >= 15 is 0 Å². The van der Waals surface area contributed by atoms with E-state index in [2.05, 4.69) is 10.6 Å². The van der Waals surface area contributed by atoms with Gasteiger partial charge in [0.2, 0.25) is 0 Å². The predicted molar refractivity (Wildman–Crippen MR) is 115 cm³/mol. The van der Waals surface area contributed by atoms with Gasteiger partial charge in [-0.2, -0.15) is 0 Å². The molecule has 1 aromatic carbocycles. The summed E-state index contributed by atoms with van der Waals surface area (Å²) in [5.41, 5.74) is -0.711. The summed E-state index contributed by atoms with van der Waals surface area (Å²) in [4.78, 5) is 37.7. The van der Waals surface area contributed by atoms with Crippen LogP contribution in [0, 0.1) is 0 Å². The molecule has 168 valence electrons. The SMILES string of the molecule is CC(C)(C)OC(=O)NC12CCC(NC(=O)C3CC(=O)c4cc(Cl)ccc4O3)(CC1)CC2. The van der Waals surface area contributed by atoms with E-state index < -0.39 is 11.7 Å². The third-order valence-electron chi connectivity index (χ3n) is 6.58. The molecule has 0 radical (unpaired) electrons. The lowest BCUT2D eigenvalue weighted by Crippen LogP contribution is -2.65. The zero-order valence-corrected chi connectivity index (χ0v) is 18.9. The average Bonchev–Trinajstić information content (AvgIpc) is 2.68. The summed E-state index contributed by atoms with van der Waals surface area (Å²) < 4.78 is 11.2. The second kappa shape index (κ2) is 7.69. The molecule has 8 heteroatoms. The zero-order valence-electron chi connectivity index (χ0n) is 18.2. The summed E-state index contributed by atoms with van der Waals surface area (Å²) in [6, 6.07) is 4.85. The van der Waals surface area contributed by atoms with Crippen LogP contribution in [0.2, 0.25) is 5.02 Å². The quantitative estimate of drug-likeness (QED) is 0.724. The Kier molecular flexibility index (Phi) is 5.44.